The van der Waals surface area contributed by atoms with Crippen molar-refractivity contribution < 1.29 is 9.59 Å². The molecule has 108 valence electrons. The third kappa shape index (κ3) is 2.63. The molecule has 2 aromatic heterocycles. The summed E-state index contributed by atoms with van der Waals surface area (Å²) in [5.41, 5.74) is 0. The molecule has 0 radical (unpaired) electrons. The fourth-order valence-electron chi connectivity index (χ4n) is 1.88. The summed E-state index contributed by atoms with van der Waals surface area (Å²) in [7, 11) is 1.67. The molecule has 21 heavy (non-hydrogen) atoms. The van der Waals surface area contributed by atoms with Crippen molar-refractivity contribution in [3.63, 3.8) is 0 Å². The van der Waals surface area contributed by atoms with E-state index in [1.807, 2.05) is 0 Å². The van der Waals surface area contributed by atoms with Crippen LogP contribution in [-0.4, -0.2) is 56.7 Å². The Hall–Kier alpha value is -3.04. The molecule has 0 spiro atoms. The summed E-state index contributed by atoms with van der Waals surface area (Å²) in [5.74, 6) is 0.0800. The van der Waals surface area contributed by atoms with Crippen molar-refractivity contribution in [3.8, 4) is 5.95 Å². The van der Waals surface area contributed by atoms with Gasteiger partial charge in [-0.15, -0.1) is 0 Å². The van der Waals surface area contributed by atoms with Gasteiger partial charge in [-0.3, -0.25) is 14.9 Å². The van der Waals surface area contributed by atoms with E-state index in [4.69, 9.17) is 0 Å². The quantitative estimate of drug-likeness (QED) is 0.659. The smallest absolute Gasteiger partial charge is 0.257 e. The van der Waals surface area contributed by atoms with Gasteiger partial charge in [0.05, 0.1) is 0 Å². The van der Waals surface area contributed by atoms with Crippen LogP contribution in [0.3, 0.4) is 0 Å². The summed E-state index contributed by atoms with van der Waals surface area (Å²) in [5, 5.41) is 9.09. The predicted molar refractivity (Wildman–Crippen MR) is 71.9 cm³/mol. The molecule has 10 nitrogen and oxygen atoms in total. The first-order valence-corrected chi connectivity index (χ1v) is 6.17. The second kappa shape index (κ2) is 5.15. The highest BCUT2D eigenvalue weighted by atomic mass is 16.2. The molecule has 1 aliphatic heterocycles. The van der Waals surface area contributed by atoms with Crippen LogP contribution >= 0.6 is 0 Å². The van der Waals surface area contributed by atoms with Crippen molar-refractivity contribution in [2.45, 2.75) is 0 Å². The normalized spacial score (nSPS) is 15.0. The minimum Gasteiger partial charge on any atom is -0.357 e. The lowest BCUT2D eigenvalue weighted by Crippen LogP contribution is -2.52. The van der Waals surface area contributed by atoms with Gasteiger partial charge in [-0.25, -0.2) is 4.68 Å². The van der Waals surface area contributed by atoms with Gasteiger partial charge in [0.2, 0.25) is 23.7 Å². The molecule has 0 saturated carbocycles. The molecule has 1 fully saturated rings. The number of amides is 2. The van der Waals surface area contributed by atoms with Crippen LogP contribution in [0, 0.1) is 0 Å². The van der Waals surface area contributed by atoms with Crippen LogP contribution in [0.5, 0.6) is 0 Å². The first kappa shape index (κ1) is 13.0. The van der Waals surface area contributed by atoms with E-state index in [2.05, 4.69) is 30.7 Å². The zero-order valence-corrected chi connectivity index (χ0v) is 11.1. The first-order chi connectivity index (χ1) is 10.2. The van der Waals surface area contributed by atoms with E-state index in [1.165, 1.54) is 9.58 Å². The number of imide groups is 1. The van der Waals surface area contributed by atoms with Crippen LogP contribution in [0.25, 0.3) is 5.95 Å². The highest BCUT2D eigenvalue weighted by Crippen LogP contribution is 2.13. The van der Waals surface area contributed by atoms with Crippen molar-refractivity contribution in [1.82, 2.24) is 30.0 Å². The summed E-state index contributed by atoms with van der Waals surface area (Å²) in [6.45, 7) is 0.0227. The summed E-state index contributed by atoms with van der Waals surface area (Å²) in [6.07, 6.45) is 3.28. The Morgan fingerprint density at radius 2 is 1.86 bits per heavy atom. The van der Waals surface area contributed by atoms with E-state index in [-0.39, 0.29) is 19.0 Å². The molecule has 0 aliphatic carbocycles. The molecule has 0 atom stereocenters. The van der Waals surface area contributed by atoms with E-state index in [1.54, 1.807) is 25.5 Å². The fraction of sp³-hybridized carbons (Fsp3) is 0.273. The molecule has 10 heteroatoms. The monoisotopic (exact) mass is 288 g/mol. The Morgan fingerprint density at radius 1 is 1.14 bits per heavy atom. The van der Waals surface area contributed by atoms with Crippen molar-refractivity contribution in [2.24, 2.45) is 0 Å². The SMILES string of the molecule is CNc1nc(N2CC(=O)NC(=O)C2)nc(-n2cccn2)n1. The standard InChI is InChI=1S/C11H12N8O2/c1-12-9-15-10(18-5-7(20)14-8(21)6-18)17-11(16-9)19-4-2-3-13-19/h2-4H,5-6H2,1H3,(H,14,20,21)(H,12,15,16,17). The van der Waals surface area contributed by atoms with Crippen molar-refractivity contribution in [1.29, 1.82) is 0 Å². The number of hydrogen-bond acceptors (Lipinski definition) is 8. The summed E-state index contributed by atoms with van der Waals surface area (Å²) in [4.78, 5) is 37.0. The summed E-state index contributed by atoms with van der Waals surface area (Å²) < 4.78 is 1.47. The molecule has 2 N–H and O–H groups in total. The van der Waals surface area contributed by atoms with Gasteiger partial charge in [0.1, 0.15) is 13.1 Å². The molecule has 1 saturated heterocycles. The highest BCUT2D eigenvalue weighted by Gasteiger charge is 2.25. The van der Waals surface area contributed by atoms with Gasteiger partial charge in [-0.05, 0) is 6.07 Å². The van der Waals surface area contributed by atoms with Gasteiger partial charge in [-0.1, -0.05) is 0 Å². The Balaban J connectivity index is 2.00. The summed E-state index contributed by atoms with van der Waals surface area (Å²) in [6, 6.07) is 1.74. The van der Waals surface area contributed by atoms with Crippen LogP contribution in [0.15, 0.2) is 18.5 Å². The van der Waals surface area contributed by atoms with Gasteiger partial charge < -0.3 is 10.2 Å². The lowest BCUT2D eigenvalue weighted by atomic mass is 10.3. The molecular formula is C11H12N8O2. The van der Waals surface area contributed by atoms with E-state index in [0.29, 0.717) is 11.9 Å². The van der Waals surface area contributed by atoms with Crippen LogP contribution in [0.2, 0.25) is 0 Å². The first-order valence-electron chi connectivity index (χ1n) is 6.17. The maximum absolute atomic E-state index is 11.4. The highest BCUT2D eigenvalue weighted by molar-refractivity contribution is 6.02. The van der Waals surface area contributed by atoms with E-state index in [9.17, 15) is 9.59 Å². The number of carbonyl (C=O) groups excluding carboxylic acids is 2. The second-order valence-electron chi connectivity index (χ2n) is 4.29. The lowest BCUT2D eigenvalue weighted by Gasteiger charge is -2.25. The van der Waals surface area contributed by atoms with Crippen LogP contribution in [-0.2, 0) is 9.59 Å². The number of nitrogens with one attached hydrogen (secondary N) is 2. The zero-order chi connectivity index (χ0) is 14.8. The number of hydrogen-bond donors (Lipinski definition) is 2. The minimum absolute atomic E-state index is 0.0114. The number of rotatable bonds is 3. The number of anilines is 2. The second-order valence-corrected chi connectivity index (χ2v) is 4.29. The molecular weight excluding hydrogens is 276 g/mol. The molecule has 3 heterocycles. The number of piperazine rings is 1. The van der Waals surface area contributed by atoms with Gasteiger partial charge in [0, 0.05) is 19.4 Å². The minimum atomic E-state index is -0.390. The van der Waals surface area contributed by atoms with Crippen LogP contribution < -0.4 is 15.5 Å². The van der Waals surface area contributed by atoms with E-state index in [0.717, 1.165) is 0 Å². The van der Waals surface area contributed by atoms with E-state index < -0.39 is 11.8 Å². The largest absolute Gasteiger partial charge is 0.357 e. The van der Waals surface area contributed by atoms with Crippen molar-refractivity contribution in [2.75, 3.05) is 30.4 Å². The maximum Gasteiger partial charge on any atom is 0.257 e. The van der Waals surface area contributed by atoms with Crippen molar-refractivity contribution >= 4 is 23.7 Å². The molecule has 0 aromatic carbocycles. The van der Waals surface area contributed by atoms with Gasteiger partial charge in [0.15, 0.2) is 0 Å². The van der Waals surface area contributed by atoms with Crippen molar-refractivity contribution in [3.05, 3.63) is 18.5 Å². The molecule has 2 amide bonds. The Labute approximate surface area is 119 Å². The van der Waals surface area contributed by atoms with Gasteiger partial charge >= 0.3 is 0 Å². The lowest BCUT2D eigenvalue weighted by molar-refractivity contribution is -0.130. The molecule has 3 rings (SSSR count). The zero-order valence-electron chi connectivity index (χ0n) is 11.1. The summed E-state index contributed by atoms with van der Waals surface area (Å²) >= 11 is 0. The third-order valence-electron chi connectivity index (χ3n) is 2.78. The Morgan fingerprint density at radius 3 is 2.48 bits per heavy atom. The third-order valence-corrected chi connectivity index (χ3v) is 2.78. The van der Waals surface area contributed by atoms with Gasteiger partial charge in [0.25, 0.3) is 5.95 Å². The topological polar surface area (TPSA) is 118 Å². The number of carbonyl (C=O) groups is 2. The number of nitrogens with zero attached hydrogens (tertiary/aromatic N) is 6. The molecule has 1 aliphatic rings. The Kier molecular flexibility index (Phi) is 3.18. The molecule has 2 aromatic rings. The molecule has 0 unspecified atom stereocenters. The van der Waals surface area contributed by atoms with Crippen LogP contribution in [0.4, 0.5) is 11.9 Å². The maximum atomic E-state index is 11.4. The fourth-order valence-corrected chi connectivity index (χ4v) is 1.88. The molecule has 0 bridgehead atoms. The average molecular weight is 288 g/mol. The van der Waals surface area contributed by atoms with Gasteiger partial charge in [-0.2, -0.15) is 20.1 Å². The average Bonchev–Trinajstić information content (AvgIpc) is 3.00. The number of aromatic nitrogens is 5. The predicted octanol–water partition coefficient (Wildman–Crippen LogP) is -1.44. The van der Waals surface area contributed by atoms with E-state index >= 15 is 0 Å². The van der Waals surface area contributed by atoms with Crippen LogP contribution in [0.1, 0.15) is 0 Å². The Bertz CT molecular complexity index is 668.